The number of ketones is 1. The van der Waals surface area contributed by atoms with E-state index in [-0.39, 0.29) is 12.2 Å². The highest BCUT2D eigenvalue weighted by atomic mass is 32.2. The topological polar surface area (TPSA) is 87.0 Å². The van der Waals surface area contributed by atoms with Crippen LogP contribution >= 0.6 is 0 Å². The van der Waals surface area contributed by atoms with Crippen molar-refractivity contribution < 1.29 is 17.6 Å². The summed E-state index contributed by atoms with van der Waals surface area (Å²) in [5, 5.41) is 8.80. The summed E-state index contributed by atoms with van der Waals surface area (Å²) >= 11 is 0. The van der Waals surface area contributed by atoms with Gasteiger partial charge in [-0.05, 0) is 19.1 Å². The third kappa shape index (κ3) is 3.36. The molecule has 0 amide bonds. The fourth-order valence-corrected chi connectivity index (χ4v) is 2.90. The molecule has 102 valence electrons. The molecule has 1 aromatic rings. The van der Waals surface area contributed by atoms with Crippen molar-refractivity contribution in [3.8, 4) is 6.07 Å². The van der Waals surface area contributed by atoms with Gasteiger partial charge in [-0.15, -0.1) is 0 Å². The van der Waals surface area contributed by atoms with E-state index in [0.717, 1.165) is 12.1 Å². The van der Waals surface area contributed by atoms with Crippen LogP contribution in [-0.2, 0) is 14.8 Å². The summed E-state index contributed by atoms with van der Waals surface area (Å²) in [7, 11) is -4.11. The van der Waals surface area contributed by atoms with E-state index in [1.54, 1.807) is 6.92 Å². The molecule has 0 aliphatic heterocycles. The number of benzene rings is 1. The number of nitrogens with zero attached hydrogens (tertiary/aromatic N) is 1. The molecular weight excluding hydrogens is 271 g/mol. The minimum atomic E-state index is -4.11. The van der Waals surface area contributed by atoms with Gasteiger partial charge in [-0.2, -0.15) is 5.26 Å². The molecule has 1 N–H and O–H groups in total. The molecule has 0 radical (unpaired) electrons. The van der Waals surface area contributed by atoms with Gasteiger partial charge < -0.3 is 0 Å². The van der Waals surface area contributed by atoms with Crippen LogP contribution in [0.1, 0.15) is 25.8 Å². The van der Waals surface area contributed by atoms with Crippen LogP contribution in [0, 0.1) is 17.1 Å². The summed E-state index contributed by atoms with van der Waals surface area (Å²) in [6, 6.07) is 3.89. The second kappa shape index (κ2) is 5.91. The number of nitrogens with one attached hydrogen (secondary N) is 1. The second-order valence-corrected chi connectivity index (χ2v) is 5.57. The first-order valence-corrected chi connectivity index (χ1v) is 7.05. The molecule has 0 bridgehead atoms. The molecule has 0 aromatic heterocycles. The third-order valence-corrected chi connectivity index (χ3v) is 4.12. The molecule has 0 aliphatic rings. The van der Waals surface area contributed by atoms with E-state index in [1.807, 2.05) is 0 Å². The quantitative estimate of drug-likeness (QED) is 0.884. The SMILES string of the molecule is CCC(=O)C(C)NS(=O)(=O)c1cccc(F)c1C#N. The van der Waals surface area contributed by atoms with Gasteiger partial charge in [0.1, 0.15) is 28.1 Å². The van der Waals surface area contributed by atoms with Gasteiger partial charge in [0.15, 0.2) is 0 Å². The van der Waals surface area contributed by atoms with Gasteiger partial charge in [-0.25, -0.2) is 17.5 Å². The van der Waals surface area contributed by atoms with Crippen molar-refractivity contribution >= 4 is 15.8 Å². The number of halogens is 1. The molecule has 1 unspecified atom stereocenters. The molecule has 1 atom stereocenters. The second-order valence-electron chi connectivity index (χ2n) is 3.89. The van der Waals surface area contributed by atoms with Gasteiger partial charge in [-0.1, -0.05) is 13.0 Å². The standard InChI is InChI=1S/C12H13FN2O3S/c1-3-11(16)8(2)15-19(17,18)12-6-4-5-10(13)9(12)7-14/h4-6,8,15H,3H2,1-2H3. The van der Waals surface area contributed by atoms with Crippen molar-refractivity contribution in [2.24, 2.45) is 0 Å². The smallest absolute Gasteiger partial charge is 0.242 e. The van der Waals surface area contributed by atoms with Crippen LogP contribution in [-0.4, -0.2) is 20.2 Å². The van der Waals surface area contributed by atoms with Crippen LogP contribution in [0.5, 0.6) is 0 Å². The number of hydrogen-bond donors (Lipinski definition) is 1. The highest BCUT2D eigenvalue weighted by Gasteiger charge is 2.25. The van der Waals surface area contributed by atoms with E-state index in [9.17, 15) is 17.6 Å². The minimum absolute atomic E-state index is 0.179. The monoisotopic (exact) mass is 284 g/mol. The molecule has 0 aliphatic carbocycles. The molecule has 1 aromatic carbocycles. The fourth-order valence-electron chi connectivity index (χ4n) is 1.50. The van der Waals surface area contributed by atoms with Crippen LogP contribution in [0.25, 0.3) is 0 Å². The number of carbonyl (C=O) groups is 1. The maximum absolute atomic E-state index is 13.4. The van der Waals surface area contributed by atoms with Crippen LogP contribution in [0.2, 0.25) is 0 Å². The predicted molar refractivity (Wildman–Crippen MR) is 66.2 cm³/mol. The van der Waals surface area contributed by atoms with Crippen molar-refractivity contribution in [1.29, 1.82) is 5.26 Å². The lowest BCUT2D eigenvalue weighted by Crippen LogP contribution is -2.38. The zero-order valence-corrected chi connectivity index (χ0v) is 11.3. The molecule has 1 rings (SSSR count). The molecule has 7 heteroatoms. The summed E-state index contributed by atoms with van der Waals surface area (Å²) in [6.07, 6.45) is 0.179. The summed E-state index contributed by atoms with van der Waals surface area (Å²) in [6.45, 7) is 3.00. The van der Waals surface area contributed by atoms with E-state index >= 15 is 0 Å². The van der Waals surface area contributed by atoms with Crippen LogP contribution in [0.3, 0.4) is 0 Å². The summed E-state index contributed by atoms with van der Waals surface area (Å²) in [5.74, 6) is -1.21. The van der Waals surface area contributed by atoms with Crippen molar-refractivity contribution in [2.75, 3.05) is 0 Å². The number of hydrogen-bond acceptors (Lipinski definition) is 4. The van der Waals surface area contributed by atoms with E-state index in [4.69, 9.17) is 5.26 Å². The average Bonchev–Trinajstić information content (AvgIpc) is 2.36. The van der Waals surface area contributed by atoms with Gasteiger partial charge in [0.05, 0.1) is 6.04 Å². The lowest BCUT2D eigenvalue weighted by molar-refractivity contribution is -0.119. The van der Waals surface area contributed by atoms with Gasteiger partial charge in [-0.3, -0.25) is 4.79 Å². The third-order valence-electron chi connectivity index (χ3n) is 2.54. The maximum atomic E-state index is 13.4. The largest absolute Gasteiger partial charge is 0.298 e. The molecule has 5 nitrogen and oxygen atoms in total. The highest BCUT2D eigenvalue weighted by molar-refractivity contribution is 7.89. The Kier molecular flexibility index (Phi) is 4.75. The van der Waals surface area contributed by atoms with Crippen molar-refractivity contribution in [2.45, 2.75) is 31.2 Å². The van der Waals surface area contributed by atoms with Gasteiger partial charge in [0, 0.05) is 6.42 Å². The Morgan fingerprint density at radius 2 is 2.16 bits per heavy atom. The molecule has 19 heavy (non-hydrogen) atoms. The van der Waals surface area contributed by atoms with Crippen molar-refractivity contribution in [1.82, 2.24) is 4.72 Å². The Morgan fingerprint density at radius 3 is 2.68 bits per heavy atom. The van der Waals surface area contributed by atoms with Gasteiger partial charge >= 0.3 is 0 Å². The number of sulfonamides is 1. The lowest BCUT2D eigenvalue weighted by atomic mass is 10.2. The number of carbonyl (C=O) groups excluding carboxylic acids is 1. The first-order valence-electron chi connectivity index (χ1n) is 5.57. The fraction of sp³-hybridized carbons (Fsp3) is 0.333. The molecule has 0 saturated carbocycles. The van der Waals surface area contributed by atoms with E-state index < -0.39 is 32.3 Å². The van der Waals surface area contributed by atoms with Gasteiger partial charge in [0.2, 0.25) is 10.0 Å². The first kappa shape index (κ1) is 15.3. The molecular formula is C12H13FN2O3S. The van der Waals surface area contributed by atoms with Crippen LogP contribution in [0.4, 0.5) is 4.39 Å². The van der Waals surface area contributed by atoms with E-state index in [1.165, 1.54) is 19.1 Å². The number of rotatable bonds is 5. The average molecular weight is 284 g/mol. The molecule has 0 heterocycles. The Balaban J connectivity index is 3.19. The number of Topliss-reactive ketones (excluding diaryl/α,β-unsaturated/α-hetero) is 1. The van der Waals surface area contributed by atoms with Crippen LogP contribution in [0.15, 0.2) is 23.1 Å². The number of nitriles is 1. The summed E-state index contributed by atoms with van der Waals surface area (Å²) < 4.78 is 39.5. The van der Waals surface area contributed by atoms with E-state index in [2.05, 4.69) is 4.72 Å². The first-order chi connectivity index (χ1) is 8.83. The van der Waals surface area contributed by atoms with E-state index in [0.29, 0.717) is 0 Å². The van der Waals surface area contributed by atoms with Crippen molar-refractivity contribution in [3.63, 3.8) is 0 Å². The van der Waals surface area contributed by atoms with Crippen LogP contribution < -0.4 is 4.72 Å². The Labute approximate surface area is 111 Å². The highest BCUT2D eigenvalue weighted by Crippen LogP contribution is 2.18. The maximum Gasteiger partial charge on any atom is 0.242 e. The minimum Gasteiger partial charge on any atom is -0.298 e. The molecule has 0 spiro atoms. The normalized spacial score (nSPS) is 12.7. The Hall–Kier alpha value is -1.78. The molecule has 0 saturated heterocycles. The molecule has 0 fully saturated rings. The van der Waals surface area contributed by atoms with Gasteiger partial charge in [0.25, 0.3) is 0 Å². The zero-order chi connectivity index (χ0) is 14.6. The van der Waals surface area contributed by atoms with Crippen molar-refractivity contribution in [3.05, 3.63) is 29.6 Å². The predicted octanol–water partition coefficient (Wildman–Crippen LogP) is 1.34. The summed E-state index contributed by atoms with van der Waals surface area (Å²) in [4.78, 5) is 10.9. The lowest BCUT2D eigenvalue weighted by Gasteiger charge is -2.13. The Bertz CT molecular complexity index is 635. The Morgan fingerprint density at radius 1 is 1.53 bits per heavy atom. The summed E-state index contributed by atoms with van der Waals surface area (Å²) in [5.41, 5.74) is -0.564. The zero-order valence-electron chi connectivity index (χ0n) is 10.5.